The molecule has 6 nitrogen and oxygen atoms in total. The second-order valence-corrected chi connectivity index (χ2v) is 8.20. The van der Waals surface area contributed by atoms with Gasteiger partial charge in [0, 0.05) is 27.6 Å². The molecular formula is C22H20ClN3O3S. The first-order chi connectivity index (χ1) is 14.3. The molecule has 0 heterocycles. The number of anilines is 3. The van der Waals surface area contributed by atoms with E-state index in [9.17, 15) is 13.8 Å². The third-order valence-electron chi connectivity index (χ3n) is 4.24. The summed E-state index contributed by atoms with van der Waals surface area (Å²) in [7, 11) is -1.53. The van der Waals surface area contributed by atoms with Crippen LogP contribution < -0.4 is 15.4 Å². The molecule has 3 aromatic carbocycles. The average Bonchev–Trinajstić information content (AvgIpc) is 2.71. The fourth-order valence-electron chi connectivity index (χ4n) is 2.59. The van der Waals surface area contributed by atoms with Gasteiger partial charge in [-0.3, -0.25) is 4.79 Å². The molecule has 2 amide bonds. The number of carbonyl (C=O) groups excluding carboxylic acids is 2. The molecule has 3 N–H and O–H groups in total. The number of hydrogen-bond donors (Lipinski definition) is 3. The lowest BCUT2D eigenvalue weighted by Crippen LogP contribution is -2.19. The molecule has 3 aromatic rings. The summed E-state index contributed by atoms with van der Waals surface area (Å²) >= 11 is 6.11. The van der Waals surface area contributed by atoms with Crippen LogP contribution in [0.15, 0.2) is 71.6 Å². The van der Waals surface area contributed by atoms with Crippen LogP contribution >= 0.6 is 11.6 Å². The van der Waals surface area contributed by atoms with E-state index in [1.807, 2.05) is 13.0 Å². The average molecular weight is 442 g/mol. The summed E-state index contributed by atoms with van der Waals surface area (Å²) in [6.45, 7) is 3.37. The first kappa shape index (κ1) is 21.5. The van der Waals surface area contributed by atoms with Gasteiger partial charge in [0.25, 0.3) is 0 Å². The maximum Gasteiger partial charge on any atom is 0.323 e. The van der Waals surface area contributed by atoms with Crippen LogP contribution in [0.3, 0.4) is 0 Å². The standard InChI is InChI=1S/C22H20ClN3O3S/c1-14-6-9-19(13-21(14)23)26-30(29)20-5-3-4-18(12-20)25-22(28)24-17-10-7-16(8-11-17)15(2)27/h3-13,26H,1-2H3,(H2,24,25,28). The van der Waals surface area contributed by atoms with Crippen molar-refractivity contribution >= 4 is 51.5 Å². The molecule has 0 aliphatic heterocycles. The van der Waals surface area contributed by atoms with E-state index in [4.69, 9.17) is 11.6 Å². The van der Waals surface area contributed by atoms with Crippen molar-refractivity contribution in [3.63, 3.8) is 0 Å². The van der Waals surface area contributed by atoms with E-state index in [2.05, 4.69) is 15.4 Å². The van der Waals surface area contributed by atoms with Crippen LogP contribution in [-0.2, 0) is 11.0 Å². The predicted octanol–water partition coefficient (Wildman–Crippen LogP) is 5.63. The van der Waals surface area contributed by atoms with Gasteiger partial charge in [-0.05, 0) is 74.0 Å². The molecule has 0 saturated heterocycles. The number of benzene rings is 3. The lowest BCUT2D eigenvalue weighted by Gasteiger charge is -2.11. The van der Waals surface area contributed by atoms with Crippen LogP contribution in [0.25, 0.3) is 0 Å². The third kappa shape index (κ3) is 5.68. The number of ketones is 1. The summed E-state index contributed by atoms with van der Waals surface area (Å²) in [5.74, 6) is -0.0441. The Balaban J connectivity index is 1.64. The van der Waals surface area contributed by atoms with Crippen molar-refractivity contribution in [3.8, 4) is 0 Å². The van der Waals surface area contributed by atoms with Gasteiger partial charge in [-0.15, -0.1) is 0 Å². The Morgan fingerprint density at radius 3 is 2.20 bits per heavy atom. The maximum atomic E-state index is 12.6. The molecule has 154 valence electrons. The smallest absolute Gasteiger partial charge is 0.308 e. The number of Topliss-reactive ketones (excluding diaryl/α,β-unsaturated/α-hetero) is 1. The van der Waals surface area contributed by atoms with Crippen LogP contribution in [0.1, 0.15) is 22.8 Å². The SMILES string of the molecule is CC(=O)c1ccc(NC(=O)Nc2cccc(S(=O)Nc3ccc(C)c(Cl)c3)c2)cc1. The van der Waals surface area contributed by atoms with Gasteiger partial charge in [0.15, 0.2) is 5.78 Å². The number of carbonyl (C=O) groups is 2. The normalized spacial score (nSPS) is 11.4. The Bertz CT molecular complexity index is 1120. The lowest BCUT2D eigenvalue weighted by molar-refractivity contribution is 0.101. The Morgan fingerprint density at radius 1 is 0.867 bits per heavy atom. The Labute approximate surface area is 182 Å². The molecular weight excluding hydrogens is 422 g/mol. The van der Waals surface area contributed by atoms with Crippen LogP contribution in [0.5, 0.6) is 0 Å². The van der Waals surface area contributed by atoms with E-state index < -0.39 is 17.0 Å². The van der Waals surface area contributed by atoms with E-state index in [1.165, 1.54) is 6.92 Å². The topological polar surface area (TPSA) is 87.3 Å². The first-order valence-electron chi connectivity index (χ1n) is 9.05. The molecule has 8 heteroatoms. The van der Waals surface area contributed by atoms with Crippen molar-refractivity contribution in [2.45, 2.75) is 18.7 Å². The van der Waals surface area contributed by atoms with Crippen molar-refractivity contribution in [2.75, 3.05) is 15.4 Å². The molecule has 0 aromatic heterocycles. The number of halogens is 1. The molecule has 0 spiro atoms. The highest BCUT2D eigenvalue weighted by atomic mass is 35.5. The fraction of sp³-hybridized carbons (Fsp3) is 0.0909. The van der Waals surface area contributed by atoms with Gasteiger partial charge in [0.1, 0.15) is 11.0 Å². The Morgan fingerprint density at radius 2 is 1.53 bits per heavy atom. The van der Waals surface area contributed by atoms with Gasteiger partial charge in [-0.2, -0.15) is 0 Å². The van der Waals surface area contributed by atoms with Crippen LogP contribution in [0, 0.1) is 6.92 Å². The zero-order valence-corrected chi connectivity index (χ0v) is 17.9. The molecule has 1 atom stereocenters. The van der Waals surface area contributed by atoms with Crippen molar-refractivity contribution in [1.29, 1.82) is 0 Å². The number of rotatable bonds is 6. The summed E-state index contributed by atoms with van der Waals surface area (Å²) in [5.41, 5.74) is 3.17. The molecule has 0 aliphatic carbocycles. The van der Waals surface area contributed by atoms with Crippen LogP contribution in [0.2, 0.25) is 5.02 Å². The number of aryl methyl sites for hydroxylation is 1. The molecule has 0 bridgehead atoms. The third-order valence-corrected chi connectivity index (χ3v) is 5.75. The Hall–Kier alpha value is -3.16. The Kier molecular flexibility index (Phi) is 6.87. The molecule has 0 fully saturated rings. The molecule has 0 radical (unpaired) electrons. The van der Waals surface area contributed by atoms with Crippen molar-refractivity contribution < 1.29 is 13.8 Å². The number of urea groups is 1. The number of amides is 2. The number of hydrogen-bond acceptors (Lipinski definition) is 3. The maximum absolute atomic E-state index is 12.6. The van der Waals surface area contributed by atoms with E-state index >= 15 is 0 Å². The minimum absolute atomic E-state index is 0.0441. The van der Waals surface area contributed by atoms with E-state index in [-0.39, 0.29) is 5.78 Å². The van der Waals surface area contributed by atoms with Gasteiger partial charge in [0.05, 0.1) is 4.90 Å². The fourth-order valence-corrected chi connectivity index (χ4v) is 3.67. The van der Waals surface area contributed by atoms with E-state index in [0.29, 0.717) is 32.5 Å². The highest BCUT2D eigenvalue weighted by Crippen LogP contribution is 2.22. The second-order valence-electron chi connectivity index (χ2n) is 6.58. The van der Waals surface area contributed by atoms with Crippen LogP contribution in [-0.4, -0.2) is 16.0 Å². The van der Waals surface area contributed by atoms with Crippen molar-refractivity contribution in [2.24, 2.45) is 0 Å². The minimum Gasteiger partial charge on any atom is -0.308 e. The van der Waals surface area contributed by atoms with Crippen molar-refractivity contribution in [1.82, 2.24) is 0 Å². The van der Waals surface area contributed by atoms with Crippen molar-refractivity contribution in [3.05, 3.63) is 82.9 Å². The molecule has 3 rings (SSSR count). The summed E-state index contributed by atoms with van der Waals surface area (Å²) < 4.78 is 15.5. The summed E-state index contributed by atoms with van der Waals surface area (Å²) in [4.78, 5) is 24.1. The number of nitrogens with one attached hydrogen (secondary N) is 3. The highest BCUT2D eigenvalue weighted by Gasteiger charge is 2.09. The molecule has 30 heavy (non-hydrogen) atoms. The largest absolute Gasteiger partial charge is 0.323 e. The van der Waals surface area contributed by atoms with Crippen LogP contribution in [0.4, 0.5) is 21.9 Å². The van der Waals surface area contributed by atoms with Gasteiger partial charge in [0.2, 0.25) is 0 Å². The minimum atomic E-state index is -1.53. The van der Waals surface area contributed by atoms with E-state index in [1.54, 1.807) is 60.7 Å². The van der Waals surface area contributed by atoms with Gasteiger partial charge in [-0.25, -0.2) is 9.00 Å². The highest BCUT2D eigenvalue weighted by molar-refractivity contribution is 7.86. The predicted molar refractivity (Wildman–Crippen MR) is 122 cm³/mol. The first-order valence-corrected chi connectivity index (χ1v) is 10.6. The zero-order valence-electron chi connectivity index (χ0n) is 16.4. The second kappa shape index (κ2) is 9.56. The molecule has 1 unspecified atom stereocenters. The summed E-state index contributed by atoms with van der Waals surface area (Å²) in [6, 6.07) is 18.2. The monoisotopic (exact) mass is 441 g/mol. The van der Waals surface area contributed by atoms with Gasteiger partial charge < -0.3 is 15.4 Å². The molecule has 0 saturated carbocycles. The van der Waals surface area contributed by atoms with E-state index in [0.717, 1.165) is 5.56 Å². The lowest BCUT2D eigenvalue weighted by atomic mass is 10.1. The summed E-state index contributed by atoms with van der Waals surface area (Å²) in [5, 5.41) is 5.98. The zero-order chi connectivity index (χ0) is 21.7. The summed E-state index contributed by atoms with van der Waals surface area (Å²) in [6.07, 6.45) is 0. The van der Waals surface area contributed by atoms with Gasteiger partial charge in [-0.1, -0.05) is 23.7 Å². The molecule has 0 aliphatic rings. The van der Waals surface area contributed by atoms with Gasteiger partial charge >= 0.3 is 6.03 Å². The quantitative estimate of drug-likeness (QED) is 0.433.